The van der Waals surface area contributed by atoms with Gasteiger partial charge in [-0.3, -0.25) is 9.59 Å². The third-order valence-electron chi connectivity index (χ3n) is 3.74. The van der Waals surface area contributed by atoms with Gasteiger partial charge < -0.3 is 10.1 Å². The molecule has 0 radical (unpaired) electrons. The van der Waals surface area contributed by atoms with E-state index < -0.39 is 24.1 Å². The number of carbonyl (C=O) groups is 3. The lowest BCUT2D eigenvalue weighted by atomic mass is 9.99. The second kappa shape index (κ2) is 8.48. The number of rotatable bonds is 6. The molecule has 0 fully saturated rings. The molecule has 0 saturated heterocycles. The minimum atomic E-state index is -5.11. The first-order valence-electron chi connectivity index (χ1n) is 7.86. The highest BCUT2D eigenvalue weighted by Gasteiger charge is 2.41. The van der Waals surface area contributed by atoms with E-state index in [2.05, 4.69) is 4.74 Å². The van der Waals surface area contributed by atoms with E-state index in [4.69, 9.17) is 0 Å². The van der Waals surface area contributed by atoms with Crippen molar-refractivity contribution in [1.29, 1.82) is 0 Å². The van der Waals surface area contributed by atoms with Crippen LogP contribution in [0, 0.1) is 0 Å². The molecule has 1 atom stereocenters. The van der Waals surface area contributed by atoms with Crippen molar-refractivity contribution in [3.8, 4) is 0 Å². The number of methoxy groups -OCH3 is 1. The zero-order valence-electron chi connectivity index (χ0n) is 14.2. The number of halogens is 3. The van der Waals surface area contributed by atoms with Gasteiger partial charge in [-0.25, -0.2) is 4.79 Å². The van der Waals surface area contributed by atoms with Crippen LogP contribution in [0.15, 0.2) is 54.6 Å². The second-order valence-electron chi connectivity index (χ2n) is 5.64. The van der Waals surface area contributed by atoms with E-state index >= 15 is 0 Å². The zero-order chi connectivity index (χ0) is 20.0. The van der Waals surface area contributed by atoms with E-state index in [1.807, 2.05) is 0 Å². The Morgan fingerprint density at radius 2 is 1.52 bits per heavy atom. The van der Waals surface area contributed by atoms with Crippen LogP contribution in [0.2, 0.25) is 0 Å². The number of hydrogen-bond donors (Lipinski definition) is 1. The van der Waals surface area contributed by atoms with Crippen LogP contribution in [-0.2, 0) is 20.7 Å². The molecule has 0 bridgehead atoms. The van der Waals surface area contributed by atoms with Crippen molar-refractivity contribution < 1.29 is 32.3 Å². The van der Waals surface area contributed by atoms with Gasteiger partial charge in [0.15, 0.2) is 5.78 Å². The molecule has 0 unspecified atom stereocenters. The van der Waals surface area contributed by atoms with E-state index in [9.17, 15) is 27.6 Å². The van der Waals surface area contributed by atoms with Crippen LogP contribution in [-0.4, -0.2) is 37.0 Å². The zero-order valence-corrected chi connectivity index (χ0v) is 14.2. The quantitative estimate of drug-likeness (QED) is 0.619. The minimum Gasteiger partial charge on any atom is -0.467 e. The summed E-state index contributed by atoms with van der Waals surface area (Å²) in [6.45, 7) is 0. The fraction of sp³-hybridized carbons (Fsp3) is 0.211. The number of alkyl halides is 3. The first-order chi connectivity index (χ1) is 12.7. The minimum absolute atomic E-state index is 0.211. The van der Waals surface area contributed by atoms with Gasteiger partial charge in [0.05, 0.1) is 7.11 Å². The summed E-state index contributed by atoms with van der Waals surface area (Å²) in [5.41, 5.74) is 1.34. The van der Waals surface area contributed by atoms with Crippen molar-refractivity contribution in [2.24, 2.45) is 0 Å². The molecule has 0 spiro atoms. The molecule has 0 aliphatic carbocycles. The van der Waals surface area contributed by atoms with Crippen LogP contribution >= 0.6 is 0 Å². The number of carbonyl (C=O) groups excluding carboxylic acids is 3. The SMILES string of the molecule is COC(=O)[C@H](Cc1ccc(C(=O)c2ccccc2)cc1)NC(=O)C(F)(F)F. The number of amides is 1. The third-order valence-corrected chi connectivity index (χ3v) is 3.74. The molecule has 27 heavy (non-hydrogen) atoms. The smallest absolute Gasteiger partial charge is 0.467 e. The molecule has 2 aromatic carbocycles. The maximum Gasteiger partial charge on any atom is 0.471 e. The Labute approximate surface area is 153 Å². The highest BCUT2D eigenvalue weighted by Crippen LogP contribution is 2.16. The number of ether oxygens (including phenoxy) is 1. The maximum absolute atomic E-state index is 12.4. The number of nitrogens with one attached hydrogen (secondary N) is 1. The fourth-order valence-corrected chi connectivity index (χ4v) is 2.36. The van der Waals surface area contributed by atoms with Gasteiger partial charge >= 0.3 is 18.1 Å². The first-order valence-corrected chi connectivity index (χ1v) is 7.86. The Balaban J connectivity index is 2.13. The molecule has 0 aromatic heterocycles. The van der Waals surface area contributed by atoms with Crippen molar-refractivity contribution in [1.82, 2.24) is 5.32 Å². The topological polar surface area (TPSA) is 72.5 Å². The van der Waals surface area contributed by atoms with E-state index in [1.165, 1.54) is 24.3 Å². The molecule has 1 amide bonds. The molecular weight excluding hydrogens is 363 g/mol. The maximum atomic E-state index is 12.4. The summed E-state index contributed by atoms with van der Waals surface area (Å²) in [7, 11) is 1.01. The fourth-order valence-electron chi connectivity index (χ4n) is 2.36. The number of ketones is 1. The van der Waals surface area contributed by atoms with Crippen molar-refractivity contribution in [2.75, 3.05) is 7.11 Å². The lowest BCUT2D eigenvalue weighted by molar-refractivity contribution is -0.175. The van der Waals surface area contributed by atoms with E-state index in [0.29, 0.717) is 16.7 Å². The normalized spacial score (nSPS) is 12.1. The molecule has 8 heteroatoms. The number of benzene rings is 2. The van der Waals surface area contributed by atoms with Crippen LogP contribution in [0.1, 0.15) is 21.5 Å². The van der Waals surface area contributed by atoms with Crippen LogP contribution in [0.4, 0.5) is 13.2 Å². The molecule has 0 aliphatic rings. The molecule has 1 N–H and O–H groups in total. The van der Waals surface area contributed by atoms with Gasteiger partial charge in [0.2, 0.25) is 0 Å². The summed E-state index contributed by atoms with van der Waals surface area (Å²) in [6.07, 6.45) is -5.33. The molecule has 5 nitrogen and oxygen atoms in total. The van der Waals surface area contributed by atoms with Crippen molar-refractivity contribution in [3.05, 3.63) is 71.3 Å². The van der Waals surface area contributed by atoms with Crippen molar-refractivity contribution in [3.63, 3.8) is 0 Å². The summed E-state index contributed by atoms with van der Waals surface area (Å²) < 4.78 is 41.7. The lowest BCUT2D eigenvalue weighted by Crippen LogP contribution is -2.48. The lowest BCUT2D eigenvalue weighted by Gasteiger charge is -2.17. The van der Waals surface area contributed by atoms with E-state index in [1.54, 1.807) is 35.6 Å². The largest absolute Gasteiger partial charge is 0.471 e. The van der Waals surface area contributed by atoms with Gasteiger partial charge in [0.1, 0.15) is 6.04 Å². The van der Waals surface area contributed by atoms with E-state index in [-0.39, 0.29) is 12.2 Å². The van der Waals surface area contributed by atoms with Gasteiger partial charge in [-0.15, -0.1) is 0 Å². The van der Waals surface area contributed by atoms with Crippen LogP contribution in [0.25, 0.3) is 0 Å². The van der Waals surface area contributed by atoms with Crippen LogP contribution in [0.5, 0.6) is 0 Å². The van der Waals surface area contributed by atoms with Gasteiger partial charge in [-0.2, -0.15) is 13.2 Å². The summed E-state index contributed by atoms with van der Waals surface area (Å²) in [5.74, 6) is -3.44. The van der Waals surface area contributed by atoms with Crippen LogP contribution < -0.4 is 5.32 Å². The van der Waals surface area contributed by atoms with Crippen LogP contribution in [0.3, 0.4) is 0 Å². The monoisotopic (exact) mass is 379 g/mol. The van der Waals surface area contributed by atoms with Crippen molar-refractivity contribution >= 4 is 17.7 Å². The molecule has 0 saturated carbocycles. The third kappa shape index (κ3) is 5.40. The Hall–Kier alpha value is -3.16. The summed E-state index contributed by atoms with van der Waals surface area (Å²) in [6, 6.07) is 13.1. The Morgan fingerprint density at radius 3 is 2.04 bits per heavy atom. The first kappa shape index (κ1) is 20.2. The predicted molar refractivity (Wildman–Crippen MR) is 90.0 cm³/mol. The Bertz CT molecular complexity index is 817. The van der Waals surface area contributed by atoms with Crippen molar-refractivity contribution in [2.45, 2.75) is 18.6 Å². The van der Waals surface area contributed by atoms with Gasteiger partial charge in [0, 0.05) is 17.5 Å². The highest BCUT2D eigenvalue weighted by molar-refractivity contribution is 6.08. The number of hydrogen-bond acceptors (Lipinski definition) is 4. The Morgan fingerprint density at radius 1 is 0.963 bits per heavy atom. The highest BCUT2D eigenvalue weighted by atomic mass is 19.4. The molecular formula is C19H16F3NO4. The summed E-state index contributed by atoms with van der Waals surface area (Å²) in [4.78, 5) is 35.1. The molecule has 0 aliphatic heterocycles. The molecule has 2 aromatic rings. The average Bonchev–Trinajstić information content (AvgIpc) is 2.66. The Kier molecular flexibility index (Phi) is 6.33. The summed E-state index contributed by atoms with van der Waals surface area (Å²) >= 11 is 0. The predicted octanol–water partition coefficient (Wildman–Crippen LogP) is 2.68. The number of esters is 1. The molecule has 2 rings (SSSR count). The molecule has 142 valence electrons. The second-order valence-corrected chi connectivity index (χ2v) is 5.64. The molecule has 0 heterocycles. The van der Waals surface area contributed by atoms with Gasteiger partial charge in [0.25, 0.3) is 0 Å². The van der Waals surface area contributed by atoms with Gasteiger partial charge in [-0.1, -0.05) is 54.6 Å². The standard InChI is InChI=1S/C19H16F3NO4/c1-27-17(25)15(23-18(26)19(20,21)22)11-12-7-9-14(10-8-12)16(24)13-5-3-2-4-6-13/h2-10,15H,11H2,1H3,(H,23,26)/t15-/m0/s1. The average molecular weight is 379 g/mol. The van der Waals surface area contributed by atoms with E-state index in [0.717, 1.165) is 7.11 Å². The van der Waals surface area contributed by atoms with Gasteiger partial charge in [-0.05, 0) is 5.56 Å². The summed E-state index contributed by atoms with van der Waals surface area (Å²) in [5, 5.41) is 1.61.